The Bertz CT molecular complexity index is 744. The SMILES string of the molecule is O=C(O)Cn1ccc(C2CCCN(C(=O)COCc3ccccc3)C2)n1. The van der Waals surface area contributed by atoms with E-state index in [1.54, 1.807) is 6.20 Å². The molecular weight excluding hydrogens is 334 g/mol. The standard InChI is InChI=1S/C19H23N3O4/c23-18(14-26-13-15-5-2-1-3-6-15)21-9-4-7-16(11-21)17-8-10-22(20-17)12-19(24)25/h1-3,5-6,8,10,16H,4,7,9,11-14H2,(H,24,25). The molecule has 0 bridgehead atoms. The van der Waals surface area contributed by atoms with Gasteiger partial charge in [0.1, 0.15) is 13.2 Å². The molecule has 1 fully saturated rings. The molecule has 2 aromatic rings. The van der Waals surface area contributed by atoms with E-state index in [9.17, 15) is 9.59 Å². The quantitative estimate of drug-likeness (QED) is 0.818. The van der Waals surface area contributed by atoms with E-state index in [-0.39, 0.29) is 25.0 Å². The lowest BCUT2D eigenvalue weighted by Crippen LogP contribution is -2.41. The van der Waals surface area contributed by atoms with Crippen LogP contribution in [0.25, 0.3) is 0 Å². The second-order valence-electron chi connectivity index (χ2n) is 6.49. The average Bonchev–Trinajstić information content (AvgIpc) is 3.10. The van der Waals surface area contributed by atoms with Crippen LogP contribution < -0.4 is 0 Å². The van der Waals surface area contributed by atoms with Gasteiger partial charge in [0.05, 0.1) is 12.3 Å². The Morgan fingerprint density at radius 1 is 1.23 bits per heavy atom. The normalized spacial score (nSPS) is 17.2. The lowest BCUT2D eigenvalue weighted by molar-refractivity contribution is -0.138. The Labute approximate surface area is 152 Å². The van der Waals surface area contributed by atoms with Gasteiger partial charge in [0.2, 0.25) is 5.91 Å². The molecule has 3 rings (SSSR count). The number of carbonyl (C=O) groups excluding carboxylic acids is 1. The van der Waals surface area contributed by atoms with Gasteiger partial charge in [0.25, 0.3) is 0 Å². The monoisotopic (exact) mass is 357 g/mol. The maximum atomic E-state index is 12.4. The van der Waals surface area contributed by atoms with Gasteiger partial charge in [-0.1, -0.05) is 30.3 Å². The Morgan fingerprint density at radius 3 is 2.81 bits per heavy atom. The van der Waals surface area contributed by atoms with E-state index in [0.29, 0.717) is 13.2 Å². The molecule has 0 spiro atoms. The number of benzene rings is 1. The van der Waals surface area contributed by atoms with E-state index in [1.165, 1.54) is 4.68 Å². The van der Waals surface area contributed by atoms with Gasteiger partial charge in [0, 0.05) is 25.2 Å². The maximum Gasteiger partial charge on any atom is 0.325 e. The predicted molar refractivity (Wildman–Crippen MR) is 94.5 cm³/mol. The number of nitrogens with zero attached hydrogens (tertiary/aromatic N) is 3. The van der Waals surface area contributed by atoms with Gasteiger partial charge in [-0.05, 0) is 24.5 Å². The molecule has 1 amide bonds. The smallest absolute Gasteiger partial charge is 0.325 e. The molecule has 7 heteroatoms. The first-order valence-corrected chi connectivity index (χ1v) is 8.76. The summed E-state index contributed by atoms with van der Waals surface area (Å²) >= 11 is 0. The van der Waals surface area contributed by atoms with Crippen molar-refractivity contribution in [3.05, 3.63) is 53.9 Å². The van der Waals surface area contributed by atoms with E-state index < -0.39 is 5.97 Å². The molecule has 138 valence electrons. The van der Waals surface area contributed by atoms with Crippen molar-refractivity contribution in [1.29, 1.82) is 0 Å². The van der Waals surface area contributed by atoms with Crippen molar-refractivity contribution >= 4 is 11.9 Å². The highest BCUT2D eigenvalue weighted by molar-refractivity contribution is 5.77. The zero-order valence-electron chi connectivity index (χ0n) is 14.6. The zero-order chi connectivity index (χ0) is 18.4. The third-order valence-electron chi connectivity index (χ3n) is 4.49. The number of hydrogen-bond acceptors (Lipinski definition) is 4. The van der Waals surface area contributed by atoms with Crippen LogP contribution in [0.2, 0.25) is 0 Å². The van der Waals surface area contributed by atoms with Crippen LogP contribution in [0.15, 0.2) is 42.6 Å². The molecule has 0 saturated carbocycles. The molecule has 1 N–H and O–H groups in total. The Hall–Kier alpha value is -2.67. The number of hydrogen-bond donors (Lipinski definition) is 1. The van der Waals surface area contributed by atoms with E-state index >= 15 is 0 Å². The average molecular weight is 357 g/mol. The summed E-state index contributed by atoms with van der Waals surface area (Å²) in [5.41, 5.74) is 1.88. The van der Waals surface area contributed by atoms with Gasteiger partial charge in [-0.3, -0.25) is 14.3 Å². The van der Waals surface area contributed by atoms with Gasteiger partial charge in [-0.2, -0.15) is 5.10 Å². The van der Waals surface area contributed by atoms with Crippen LogP contribution in [0, 0.1) is 0 Å². The summed E-state index contributed by atoms with van der Waals surface area (Å²) in [6.07, 6.45) is 3.52. The molecular formula is C19H23N3O4. The lowest BCUT2D eigenvalue weighted by atomic mass is 9.95. The summed E-state index contributed by atoms with van der Waals surface area (Å²) in [7, 11) is 0. The number of ether oxygens (including phenoxy) is 1. The number of aliphatic carboxylic acids is 1. The number of carbonyl (C=O) groups is 2. The lowest BCUT2D eigenvalue weighted by Gasteiger charge is -2.32. The minimum Gasteiger partial charge on any atom is -0.480 e. The predicted octanol–water partition coefficient (Wildman–Crippen LogP) is 1.89. The molecule has 0 radical (unpaired) electrons. The maximum absolute atomic E-state index is 12.4. The van der Waals surface area contributed by atoms with Crippen LogP contribution in [-0.4, -0.2) is 51.4 Å². The fraction of sp³-hybridized carbons (Fsp3) is 0.421. The molecule has 1 atom stereocenters. The van der Waals surface area contributed by atoms with Crippen LogP contribution in [-0.2, 0) is 27.5 Å². The van der Waals surface area contributed by atoms with Crippen LogP contribution >= 0.6 is 0 Å². The van der Waals surface area contributed by atoms with E-state index in [0.717, 1.165) is 30.6 Å². The molecule has 1 aliphatic rings. The zero-order valence-corrected chi connectivity index (χ0v) is 14.6. The summed E-state index contributed by atoms with van der Waals surface area (Å²) in [5.74, 6) is -0.803. The number of carboxylic acid groups (broad SMARTS) is 1. The number of amides is 1. The van der Waals surface area contributed by atoms with Crippen LogP contribution in [0.1, 0.15) is 30.0 Å². The second kappa shape index (κ2) is 8.62. The Kier molecular flexibility index (Phi) is 6.01. The number of piperidine rings is 1. The molecule has 1 aromatic carbocycles. The summed E-state index contributed by atoms with van der Waals surface area (Å²) in [5, 5.41) is 13.2. The molecule has 2 heterocycles. The van der Waals surface area contributed by atoms with Crippen molar-refractivity contribution in [2.24, 2.45) is 0 Å². The van der Waals surface area contributed by atoms with E-state index in [4.69, 9.17) is 9.84 Å². The van der Waals surface area contributed by atoms with Crippen molar-refractivity contribution in [3.8, 4) is 0 Å². The summed E-state index contributed by atoms with van der Waals surface area (Å²) in [4.78, 5) is 25.0. The Balaban J connectivity index is 1.50. The van der Waals surface area contributed by atoms with Crippen molar-refractivity contribution < 1.29 is 19.4 Å². The van der Waals surface area contributed by atoms with Gasteiger partial charge in [-0.15, -0.1) is 0 Å². The highest BCUT2D eigenvalue weighted by atomic mass is 16.5. The first-order valence-electron chi connectivity index (χ1n) is 8.76. The molecule has 7 nitrogen and oxygen atoms in total. The third-order valence-corrected chi connectivity index (χ3v) is 4.49. The highest BCUT2D eigenvalue weighted by Crippen LogP contribution is 2.25. The van der Waals surface area contributed by atoms with Crippen LogP contribution in [0.5, 0.6) is 0 Å². The second-order valence-corrected chi connectivity index (χ2v) is 6.49. The fourth-order valence-electron chi connectivity index (χ4n) is 3.19. The summed E-state index contributed by atoms with van der Waals surface area (Å²) in [6, 6.07) is 11.6. The Morgan fingerprint density at radius 2 is 2.04 bits per heavy atom. The molecule has 26 heavy (non-hydrogen) atoms. The molecule has 1 aromatic heterocycles. The van der Waals surface area contributed by atoms with Gasteiger partial charge in [-0.25, -0.2) is 0 Å². The minimum absolute atomic E-state index is 0.0180. The summed E-state index contributed by atoms with van der Waals surface area (Å²) < 4.78 is 6.97. The molecule has 1 saturated heterocycles. The molecule has 1 aliphatic heterocycles. The van der Waals surface area contributed by atoms with Crippen molar-refractivity contribution in [2.45, 2.75) is 31.9 Å². The minimum atomic E-state index is -0.921. The van der Waals surface area contributed by atoms with Crippen molar-refractivity contribution in [3.63, 3.8) is 0 Å². The summed E-state index contributed by atoms with van der Waals surface area (Å²) in [6.45, 7) is 1.65. The fourth-order valence-corrected chi connectivity index (χ4v) is 3.19. The van der Waals surface area contributed by atoms with Crippen LogP contribution in [0.4, 0.5) is 0 Å². The van der Waals surface area contributed by atoms with Crippen molar-refractivity contribution in [2.75, 3.05) is 19.7 Å². The molecule has 0 aliphatic carbocycles. The van der Waals surface area contributed by atoms with E-state index in [1.807, 2.05) is 41.3 Å². The van der Waals surface area contributed by atoms with Crippen molar-refractivity contribution in [1.82, 2.24) is 14.7 Å². The first kappa shape index (κ1) is 18.1. The molecule has 1 unspecified atom stereocenters. The number of aromatic nitrogens is 2. The highest BCUT2D eigenvalue weighted by Gasteiger charge is 2.26. The van der Waals surface area contributed by atoms with E-state index in [2.05, 4.69) is 5.10 Å². The third kappa shape index (κ3) is 4.92. The number of rotatable bonds is 7. The first-order chi connectivity index (χ1) is 12.6. The van der Waals surface area contributed by atoms with Gasteiger partial charge >= 0.3 is 5.97 Å². The number of likely N-dealkylation sites (tertiary alicyclic amines) is 1. The van der Waals surface area contributed by atoms with Gasteiger partial charge < -0.3 is 14.7 Å². The van der Waals surface area contributed by atoms with Crippen LogP contribution in [0.3, 0.4) is 0 Å². The number of carboxylic acids is 1. The topological polar surface area (TPSA) is 84.7 Å². The van der Waals surface area contributed by atoms with Gasteiger partial charge in [0.15, 0.2) is 0 Å². The largest absolute Gasteiger partial charge is 0.480 e.